The number of carbonyl (C=O) groups is 2. The van der Waals surface area contributed by atoms with Crippen molar-refractivity contribution in [3.63, 3.8) is 0 Å². The second-order valence-corrected chi connectivity index (χ2v) is 8.06. The third-order valence-corrected chi connectivity index (χ3v) is 5.52. The summed E-state index contributed by atoms with van der Waals surface area (Å²) in [6, 6.07) is 5.07. The minimum absolute atomic E-state index is 0.0586. The fourth-order valence-corrected chi connectivity index (χ4v) is 3.23. The molecule has 1 saturated carbocycles. The van der Waals surface area contributed by atoms with Gasteiger partial charge < -0.3 is 15.0 Å². The van der Waals surface area contributed by atoms with Crippen LogP contribution in [0.2, 0.25) is 0 Å². The maximum atomic E-state index is 13.9. The summed E-state index contributed by atoms with van der Waals surface area (Å²) >= 11 is 1.59. The van der Waals surface area contributed by atoms with Crippen molar-refractivity contribution < 1.29 is 18.7 Å². The van der Waals surface area contributed by atoms with Crippen LogP contribution in [0.1, 0.15) is 37.8 Å². The Kier molecular flexibility index (Phi) is 10.4. The van der Waals surface area contributed by atoms with E-state index in [-0.39, 0.29) is 17.8 Å². The summed E-state index contributed by atoms with van der Waals surface area (Å²) in [6.07, 6.45) is 10.5. The van der Waals surface area contributed by atoms with Crippen LogP contribution in [0.3, 0.4) is 0 Å². The molecule has 0 saturated heterocycles. The molecule has 164 valence electrons. The third kappa shape index (κ3) is 9.00. The van der Waals surface area contributed by atoms with Crippen LogP contribution in [0.4, 0.5) is 4.39 Å². The van der Waals surface area contributed by atoms with E-state index in [0.29, 0.717) is 31.2 Å². The van der Waals surface area contributed by atoms with Gasteiger partial charge in [-0.1, -0.05) is 30.2 Å². The molecule has 2 N–H and O–H groups in total. The van der Waals surface area contributed by atoms with Gasteiger partial charge in [0.15, 0.2) is 11.6 Å². The number of benzene rings is 1. The maximum Gasteiger partial charge on any atom is 0.245 e. The molecule has 1 aromatic carbocycles. The Morgan fingerprint density at radius 3 is 2.90 bits per heavy atom. The molecule has 0 aliphatic heterocycles. The van der Waals surface area contributed by atoms with Gasteiger partial charge in [-0.05, 0) is 49.8 Å². The first-order valence-electron chi connectivity index (χ1n) is 10.1. The number of likely N-dealkylation sites (N-methyl/N-ethyl adjacent to an activating group) is 1. The van der Waals surface area contributed by atoms with Crippen LogP contribution in [0.5, 0.6) is 5.75 Å². The molecule has 1 aromatic rings. The Bertz CT molecular complexity index is 753. The molecule has 0 spiro atoms. The van der Waals surface area contributed by atoms with Crippen molar-refractivity contribution in [1.29, 1.82) is 0 Å². The van der Waals surface area contributed by atoms with Gasteiger partial charge in [-0.25, -0.2) is 4.39 Å². The Labute approximate surface area is 182 Å². The van der Waals surface area contributed by atoms with Crippen molar-refractivity contribution in [3.8, 4) is 5.75 Å². The fraction of sp³-hybridized carbons (Fsp3) is 0.455. The summed E-state index contributed by atoms with van der Waals surface area (Å²) < 4.78 is 22.9. The van der Waals surface area contributed by atoms with E-state index in [0.717, 1.165) is 17.7 Å². The highest BCUT2D eigenvalue weighted by Gasteiger charge is 2.22. The van der Waals surface area contributed by atoms with Gasteiger partial charge in [-0.2, -0.15) is 0 Å². The molecule has 0 aromatic heterocycles. The third-order valence-electron chi connectivity index (χ3n) is 4.56. The summed E-state index contributed by atoms with van der Waals surface area (Å²) in [5.74, 6) is 1.18. The van der Waals surface area contributed by atoms with Gasteiger partial charge >= 0.3 is 0 Å². The standard InChI is InChI=1S/C22H30FN3O3S/c1-17(19-8-9-20(23)21(14-19)29-15-18-6-7-18)25-30-13-5-3-4-11-26(16-27)12-10-22(28)24-2/h3-4,8-10,12,14,16-18,25H,5-7,11,13,15H2,1-2H3,(H,24,28)/b4-3+,12-10-. The zero-order valence-corrected chi connectivity index (χ0v) is 18.3. The first kappa shape index (κ1) is 24.0. The molecule has 0 bridgehead atoms. The molecule has 8 heteroatoms. The summed E-state index contributed by atoms with van der Waals surface area (Å²) in [6.45, 7) is 3.03. The molecular formula is C22H30FN3O3S. The maximum absolute atomic E-state index is 13.9. The van der Waals surface area contributed by atoms with Gasteiger partial charge in [-0.15, -0.1) is 0 Å². The van der Waals surface area contributed by atoms with Gasteiger partial charge in [0.25, 0.3) is 0 Å². The highest BCUT2D eigenvalue weighted by atomic mass is 32.2. The summed E-state index contributed by atoms with van der Waals surface area (Å²) in [4.78, 5) is 23.5. The van der Waals surface area contributed by atoms with E-state index in [1.165, 1.54) is 43.1 Å². The Morgan fingerprint density at radius 2 is 2.20 bits per heavy atom. The van der Waals surface area contributed by atoms with E-state index in [1.54, 1.807) is 24.1 Å². The number of carbonyl (C=O) groups excluding carboxylic acids is 2. The lowest BCUT2D eigenvalue weighted by Crippen LogP contribution is -2.18. The molecule has 30 heavy (non-hydrogen) atoms. The quantitative estimate of drug-likeness (QED) is 0.154. The number of allylic oxidation sites excluding steroid dienone is 1. The van der Waals surface area contributed by atoms with Crippen molar-refractivity contribution in [2.45, 2.75) is 32.2 Å². The van der Waals surface area contributed by atoms with E-state index < -0.39 is 0 Å². The van der Waals surface area contributed by atoms with Gasteiger partial charge in [0.1, 0.15) is 0 Å². The van der Waals surface area contributed by atoms with Crippen LogP contribution < -0.4 is 14.8 Å². The molecule has 1 aliphatic rings. The molecule has 2 rings (SSSR count). The van der Waals surface area contributed by atoms with Gasteiger partial charge in [-0.3, -0.25) is 14.3 Å². The molecule has 1 atom stereocenters. The molecule has 2 amide bonds. The van der Waals surface area contributed by atoms with E-state index in [9.17, 15) is 14.0 Å². The van der Waals surface area contributed by atoms with Crippen molar-refractivity contribution in [2.24, 2.45) is 5.92 Å². The highest BCUT2D eigenvalue weighted by molar-refractivity contribution is 7.97. The minimum Gasteiger partial charge on any atom is -0.490 e. The van der Waals surface area contributed by atoms with Crippen LogP contribution in [0.25, 0.3) is 0 Å². The number of hydrogen-bond acceptors (Lipinski definition) is 5. The van der Waals surface area contributed by atoms with E-state index in [2.05, 4.69) is 10.0 Å². The zero-order chi connectivity index (χ0) is 21.8. The monoisotopic (exact) mass is 435 g/mol. The molecule has 1 unspecified atom stereocenters. The smallest absolute Gasteiger partial charge is 0.245 e. The molecular weight excluding hydrogens is 405 g/mol. The number of rotatable bonds is 14. The lowest BCUT2D eigenvalue weighted by molar-refractivity contribution is -0.116. The lowest BCUT2D eigenvalue weighted by Gasteiger charge is -2.15. The first-order valence-corrected chi connectivity index (χ1v) is 11.1. The number of nitrogens with zero attached hydrogens (tertiary/aromatic N) is 1. The number of ether oxygens (including phenoxy) is 1. The Hall–Kier alpha value is -2.32. The average Bonchev–Trinajstić information content (AvgIpc) is 3.58. The number of amides is 2. The number of halogens is 1. The normalized spacial score (nSPS) is 14.8. The number of nitrogens with one attached hydrogen (secondary N) is 2. The molecule has 1 aliphatic carbocycles. The SMILES string of the molecule is CNC(=O)/C=C\N(C=O)C/C=C/CCSNC(C)c1ccc(F)c(OCC2CC2)c1. The van der Waals surface area contributed by atoms with Crippen LogP contribution in [0, 0.1) is 11.7 Å². The van der Waals surface area contributed by atoms with Gasteiger partial charge in [0.05, 0.1) is 6.61 Å². The Balaban J connectivity index is 1.66. The van der Waals surface area contributed by atoms with Crippen molar-refractivity contribution in [3.05, 3.63) is 54.0 Å². The first-order chi connectivity index (χ1) is 14.5. The number of hydrogen-bond donors (Lipinski definition) is 2. The predicted molar refractivity (Wildman–Crippen MR) is 118 cm³/mol. The summed E-state index contributed by atoms with van der Waals surface area (Å²) in [7, 11) is 1.53. The van der Waals surface area contributed by atoms with Crippen LogP contribution in [0.15, 0.2) is 42.6 Å². The van der Waals surface area contributed by atoms with E-state index >= 15 is 0 Å². The van der Waals surface area contributed by atoms with E-state index in [1.807, 2.05) is 19.1 Å². The van der Waals surface area contributed by atoms with Crippen molar-refractivity contribution in [2.75, 3.05) is 26.0 Å². The largest absolute Gasteiger partial charge is 0.490 e. The average molecular weight is 436 g/mol. The molecule has 0 heterocycles. The van der Waals surface area contributed by atoms with E-state index in [4.69, 9.17) is 4.74 Å². The van der Waals surface area contributed by atoms with Gasteiger partial charge in [0, 0.05) is 37.7 Å². The van der Waals surface area contributed by atoms with Gasteiger partial charge in [0.2, 0.25) is 12.3 Å². The molecule has 6 nitrogen and oxygen atoms in total. The second kappa shape index (κ2) is 13.1. The lowest BCUT2D eigenvalue weighted by atomic mass is 10.1. The minimum atomic E-state index is -0.320. The second-order valence-electron chi connectivity index (χ2n) is 7.12. The molecule has 0 radical (unpaired) electrons. The Morgan fingerprint density at radius 1 is 1.40 bits per heavy atom. The van der Waals surface area contributed by atoms with Crippen LogP contribution in [-0.2, 0) is 9.59 Å². The predicted octanol–water partition coefficient (Wildman–Crippen LogP) is 3.58. The zero-order valence-electron chi connectivity index (χ0n) is 17.5. The summed E-state index contributed by atoms with van der Waals surface area (Å²) in [5.41, 5.74) is 0.981. The van der Waals surface area contributed by atoms with Crippen molar-refractivity contribution in [1.82, 2.24) is 14.9 Å². The van der Waals surface area contributed by atoms with Crippen molar-refractivity contribution >= 4 is 24.3 Å². The fourth-order valence-electron chi connectivity index (χ4n) is 2.47. The topological polar surface area (TPSA) is 70.7 Å². The summed E-state index contributed by atoms with van der Waals surface area (Å²) in [5, 5.41) is 2.45. The van der Waals surface area contributed by atoms with Crippen LogP contribution in [-0.4, -0.2) is 43.2 Å². The van der Waals surface area contributed by atoms with Crippen LogP contribution >= 0.6 is 11.9 Å². The molecule has 1 fully saturated rings. The highest BCUT2D eigenvalue weighted by Crippen LogP contribution is 2.31.